The molecule has 0 radical (unpaired) electrons. The van der Waals surface area contributed by atoms with Crippen LogP contribution < -0.4 is 0 Å². The van der Waals surface area contributed by atoms with Gasteiger partial charge >= 0.3 is 0 Å². The third-order valence-corrected chi connectivity index (χ3v) is 2.34. The maximum absolute atomic E-state index is 11.5. The lowest BCUT2D eigenvalue weighted by molar-refractivity contribution is -0.141. The Morgan fingerprint density at radius 2 is 2.15 bits per heavy atom. The number of carbonyl (C=O) groups excluding carboxylic acids is 3. The van der Waals surface area contributed by atoms with Gasteiger partial charge < -0.3 is 4.79 Å². The molecule has 1 fully saturated rings. The number of rotatable bonds is 3. The first kappa shape index (κ1) is 9.89. The Morgan fingerprint density at radius 3 is 2.54 bits per heavy atom. The lowest BCUT2D eigenvalue weighted by atomic mass is 9.94. The molecule has 4 nitrogen and oxygen atoms in total. The number of hydrogen-bond donors (Lipinski definition) is 0. The van der Waals surface area contributed by atoms with E-state index in [1.54, 1.807) is 0 Å². The van der Waals surface area contributed by atoms with Gasteiger partial charge in [0.2, 0.25) is 11.8 Å². The summed E-state index contributed by atoms with van der Waals surface area (Å²) in [5, 5.41) is 0. The zero-order valence-electron chi connectivity index (χ0n) is 7.82. The Labute approximate surface area is 76.9 Å². The molecule has 0 aliphatic carbocycles. The van der Waals surface area contributed by atoms with Crippen LogP contribution in [0.1, 0.15) is 20.3 Å². The van der Waals surface area contributed by atoms with Crippen molar-refractivity contribution in [2.45, 2.75) is 20.3 Å². The van der Waals surface area contributed by atoms with Crippen LogP contribution in [-0.2, 0) is 14.4 Å². The molecule has 4 heteroatoms. The van der Waals surface area contributed by atoms with Gasteiger partial charge in [0.25, 0.3) is 0 Å². The van der Waals surface area contributed by atoms with Gasteiger partial charge in [-0.15, -0.1) is 0 Å². The van der Waals surface area contributed by atoms with Gasteiger partial charge in [-0.25, -0.2) is 0 Å². The highest BCUT2D eigenvalue weighted by molar-refractivity contribution is 6.04. The van der Waals surface area contributed by atoms with Crippen molar-refractivity contribution < 1.29 is 14.4 Å². The fraction of sp³-hybridized carbons (Fsp3) is 0.667. The summed E-state index contributed by atoms with van der Waals surface area (Å²) in [6, 6.07) is 0. The van der Waals surface area contributed by atoms with Gasteiger partial charge in [0.15, 0.2) is 0 Å². The smallest absolute Gasteiger partial charge is 0.233 e. The number of carbonyl (C=O) groups is 3. The molecule has 1 heterocycles. The summed E-state index contributed by atoms with van der Waals surface area (Å²) in [7, 11) is 0. The summed E-state index contributed by atoms with van der Waals surface area (Å²) in [5.74, 6) is -0.497. The Bertz CT molecular complexity index is 247. The average Bonchev–Trinajstić information content (AvgIpc) is 2.32. The number of aldehydes is 1. The van der Waals surface area contributed by atoms with Crippen LogP contribution in [0, 0.1) is 11.8 Å². The van der Waals surface area contributed by atoms with Crippen molar-refractivity contribution in [2.75, 3.05) is 6.54 Å². The number of hydrogen-bond acceptors (Lipinski definition) is 3. The van der Waals surface area contributed by atoms with Gasteiger partial charge in [-0.1, -0.05) is 13.8 Å². The largest absolute Gasteiger partial charge is 0.301 e. The Hall–Kier alpha value is -1.19. The maximum Gasteiger partial charge on any atom is 0.233 e. The van der Waals surface area contributed by atoms with E-state index in [0.29, 0.717) is 6.29 Å². The molecule has 0 bridgehead atoms. The standard InChI is InChI=1S/C9H13NO3/c1-6(2)7-5-8(12)10(3-4-11)9(7)13/h4,6-7H,3,5H2,1-2H3. The van der Waals surface area contributed by atoms with Gasteiger partial charge in [-0.3, -0.25) is 14.5 Å². The van der Waals surface area contributed by atoms with E-state index in [-0.39, 0.29) is 36.6 Å². The maximum atomic E-state index is 11.5. The number of likely N-dealkylation sites (tertiary alicyclic amines) is 1. The highest BCUT2D eigenvalue weighted by Gasteiger charge is 2.39. The molecule has 0 aromatic rings. The van der Waals surface area contributed by atoms with E-state index >= 15 is 0 Å². The molecule has 0 spiro atoms. The van der Waals surface area contributed by atoms with Crippen molar-refractivity contribution in [2.24, 2.45) is 11.8 Å². The molecule has 2 amide bonds. The first-order chi connectivity index (χ1) is 6.07. The van der Waals surface area contributed by atoms with Crippen molar-refractivity contribution >= 4 is 18.1 Å². The number of imide groups is 1. The van der Waals surface area contributed by atoms with E-state index in [0.717, 1.165) is 4.90 Å². The second kappa shape index (κ2) is 3.68. The Morgan fingerprint density at radius 1 is 1.54 bits per heavy atom. The van der Waals surface area contributed by atoms with E-state index in [1.807, 2.05) is 13.8 Å². The van der Waals surface area contributed by atoms with Crippen LogP contribution in [0.15, 0.2) is 0 Å². The van der Waals surface area contributed by atoms with Gasteiger partial charge in [-0.05, 0) is 5.92 Å². The van der Waals surface area contributed by atoms with Gasteiger partial charge in [0.05, 0.1) is 6.54 Å². The van der Waals surface area contributed by atoms with Gasteiger partial charge in [-0.2, -0.15) is 0 Å². The highest BCUT2D eigenvalue weighted by atomic mass is 16.2. The fourth-order valence-corrected chi connectivity index (χ4v) is 1.50. The fourth-order valence-electron chi connectivity index (χ4n) is 1.50. The van der Waals surface area contributed by atoms with Crippen molar-refractivity contribution in [3.63, 3.8) is 0 Å². The molecule has 0 N–H and O–H groups in total. The quantitative estimate of drug-likeness (QED) is 0.464. The topological polar surface area (TPSA) is 54.5 Å². The van der Waals surface area contributed by atoms with Crippen LogP contribution in [0.4, 0.5) is 0 Å². The molecule has 1 atom stereocenters. The van der Waals surface area contributed by atoms with Crippen LogP contribution in [-0.4, -0.2) is 29.5 Å². The second-order valence-corrected chi connectivity index (χ2v) is 3.56. The molecule has 1 unspecified atom stereocenters. The molecule has 1 rings (SSSR count). The summed E-state index contributed by atoms with van der Waals surface area (Å²) >= 11 is 0. The minimum Gasteiger partial charge on any atom is -0.301 e. The zero-order valence-corrected chi connectivity index (χ0v) is 7.82. The summed E-state index contributed by atoms with van der Waals surface area (Å²) in [6.07, 6.45) is 0.836. The lowest BCUT2D eigenvalue weighted by Gasteiger charge is -2.13. The predicted molar refractivity (Wildman–Crippen MR) is 45.7 cm³/mol. The molecule has 72 valence electrons. The number of nitrogens with zero attached hydrogens (tertiary/aromatic N) is 1. The van der Waals surface area contributed by atoms with Crippen LogP contribution in [0.2, 0.25) is 0 Å². The van der Waals surface area contributed by atoms with E-state index in [1.165, 1.54) is 0 Å². The first-order valence-corrected chi connectivity index (χ1v) is 4.35. The first-order valence-electron chi connectivity index (χ1n) is 4.35. The number of amides is 2. The van der Waals surface area contributed by atoms with Gasteiger partial charge in [0.1, 0.15) is 6.29 Å². The molecule has 0 saturated carbocycles. The monoisotopic (exact) mass is 183 g/mol. The lowest BCUT2D eigenvalue weighted by Crippen LogP contribution is -2.33. The van der Waals surface area contributed by atoms with E-state index in [4.69, 9.17) is 0 Å². The van der Waals surface area contributed by atoms with Crippen molar-refractivity contribution in [3.8, 4) is 0 Å². The molecule has 0 aromatic carbocycles. The summed E-state index contributed by atoms with van der Waals surface area (Å²) in [6.45, 7) is 3.71. The predicted octanol–water partition coefficient (Wildman–Crippen LogP) is 0.216. The molecule has 0 aromatic heterocycles. The van der Waals surface area contributed by atoms with Crippen LogP contribution >= 0.6 is 0 Å². The molecule has 1 aliphatic heterocycles. The van der Waals surface area contributed by atoms with Crippen LogP contribution in [0.25, 0.3) is 0 Å². The summed E-state index contributed by atoms with van der Waals surface area (Å²) < 4.78 is 0. The Balaban J connectivity index is 2.75. The SMILES string of the molecule is CC(C)C1CC(=O)N(CC=O)C1=O. The average molecular weight is 183 g/mol. The molecule has 1 aliphatic rings. The third-order valence-electron chi connectivity index (χ3n) is 2.34. The molecular formula is C9H13NO3. The van der Waals surface area contributed by atoms with E-state index in [9.17, 15) is 14.4 Å². The third kappa shape index (κ3) is 1.76. The minimum atomic E-state index is -0.229. The van der Waals surface area contributed by atoms with Crippen molar-refractivity contribution in [1.29, 1.82) is 0 Å². The van der Waals surface area contributed by atoms with E-state index in [2.05, 4.69) is 0 Å². The van der Waals surface area contributed by atoms with Crippen LogP contribution in [0.3, 0.4) is 0 Å². The highest BCUT2D eigenvalue weighted by Crippen LogP contribution is 2.25. The zero-order chi connectivity index (χ0) is 10.0. The normalized spacial score (nSPS) is 23.0. The van der Waals surface area contributed by atoms with Crippen molar-refractivity contribution in [1.82, 2.24) is 4.90 Å². The van der Waals surface area contributed by atoms with Crippen LogP contribution in [0.5, 0.6) is 0 Å². The summed E-state index contributed by atoms with van der Waals surface area (Å²) in [5.41, 5.74) is 0. The minimum absolute atomic E-state index is 0.0963. The summed E-state index contributed by atoms with van der Waals surface area (Å²) in [4.78, 5) is 34.0. The molecule has 13 heavy (non-hydrogen) atoms. The van der Waals surface area contributed by atoms with Crippen molar-refractivity contribution in [3.05, 3.63) is 0 Å². The molecular weight excluding hydrogens is 170 g/mol. The second-order valence-electron chi connectivity index (χ2n) is 3.56. The van der Waals surface area contributed by atoms with E-state index < -0.39 is 0 Å². The molecule has 1 saturated heterocycles. The van der Waals surface area contributed by atoms with Gasteiger partial charge in [0, 0.05) is 12.3 Å². The Kier molecular flexibility index (Phi) is 2.80.